The van der Waals surface area contributed by atoms with Gasteiger partial charge in [-0.25, -0.2) is 9.07 Å². The fraction of sp³-hybridized carbons (Fsp3) is 0.227. The van der Waals surface area contributed by atoms with Gasteiger partial charge in [-0.1, -0.05) is 36.4 Å². The average molecular weight is 392 g/mol. The van der Waals surface area contributed by atoms with E-state index in [0.717, 1.165) is 5.56 Å². The van der Waals surface area contributed by atoms with E-state index in [-0.39, 0.29) is 17.4 Å². The summed E-state index contributed by atoms with van der Waals surface area (Å²) < 4.78 is 14.7. The first-order valence-electron chi connectivity index (χ1n) is 9.51. The van der Waals surface area contributed by atoms with Gasteiger partial charge in [0.2, 0.25) is 5.91 Å². The lowest BCUT2D eigenvalue weighted by molar-refractivity contribution is -0.119. The smallest absolute Gasteiger partial charge is 0.269 e. The molecule has 1 saturated heterocycles. The van der Waals surface area contributed by atoms with Crippen LogP contribution in [0.5, 0.6) is 0 Å². The maximum absolute atomic E-state index is 13.3. The molecule has 0 aliphatic carbocycles. The normalized spacial score (nSPS) is 16.0. The molecule has 3 aromatic rings. The molecule has 1 amide bonds. The van der Waals surface area contributed by atoms with Gasteiger partial charge in [0.05, 0.1) is 24.3 Å². The lowest BCUT2D eigenvalue weighted by Crippen LogP contribution is -2.29. The average Bonchev–Trinajstić information content (AvgIpc) is 3.21. The van der Waals surface area contributed by atoms with Crippen molar-refractivity contribution in [2.45, 2.75) is 13.0 Å². The van der Waals surface area contributed by atoms with Gasteiger partial charge in [-0.3, -0.25) is 9.59 Å². The van der Waals surface area contributed by atoms with Crippen molar-refractivity contribution >= 4 is 17.3 Å². The summed E-state index contributed by atoms with van der Waals surface area (Å²) >= 11 is 0. The molecule has 29 heavy (non-hydrogen) atoms. The first kappa shape index (κ1) is 18.9. The van der Waals surface area contributed by atoms with Crippen molar-refractivity contribution in [2.75, 3.05) is 23.3 Å². The highest BCUT2D eigenvalue weighted by atomic mass is 19.1. The van der Waals surface area contributed by atoms with E-state index >= 15 is 0 Å². The molecule has 6 nitrogen and oxygen atoms in total. The maximum Gasteiger partial charge on any atom is 0.269 e. The Morgan fingerprint density at radius 3 is 2.72 bits per heavy atom. The summed E-state index contributed by atoms with van der Waals surface area (Å²) in [6.45, 7) is 1.56. The van der Waals surface area contributed by atoms with E-state index in [1.165, 1.54) is 16.8 Å². The summed E-state index contributed by atoms with van der Waals surface area (Å²) in [4.78, 5) is 26.9. The van der Waals surface area contributed by atoms with Crippen molar-refractivity contribution in [3.05, 3.63) is 88.6 Å². The third kappa shape index (κ3) is 4.51. The number of hydrogen-bond acceptors (Lipinski definition) is 4. The van der Waals surface area contributed by atoms with E-state index in [1.54, 1.807) is 24.4 Å². The zero-order valence-electron chi connectivity index (χ0n) is 15.8. The molecule has 1 unspecified atom stereocenters. The van der Waals surface area contributed by atoms with Gasteiger partial charge in [-0.15, -0.1) is 0 Å². The van der Waals surface area contributed by atoms with Crippen LogP contribution in [0.1, 0.15) is 12.0 Å². The van der Waals surface area contributed by atoms with Crippen LogP contribution >= 0.6 is 0 Å². The highest BCUT2D eigenvalue weighted by molar-refractivity contribution is 5.93. The molecule has 2 heterocycles. The number of carbonyl (C=O) groups is 1. The third-order valence-electron chi connectivity index (χ3n) is 5.05. The van der Waals surface area contributed by atoms with Gasteiger partial charge in [0.1, 0.15) is 5.82 Å². The van der Waals surface area contributed by atoms with Crippen LogP contribution in [0, 0.1) is 11.7 Å². The van der Waals surface area contributed by atoms with Crippen molar-refractivity contribution in [3.63, 3.8) is 0 Å². The van der Waals surface area contributed by atoms with E-state index in [1.807, 2.05) is 35.2 Å². The van der Waals surface area contributed by atoms with Crippen LogP contribution < -0.4 is 15.8 Å². The summed E-state index contributed by atoms with van der Waals surface area (Å²) in [6.07, 6.45) is 2.32. The number of anilines is 2. The van der Waals surface area contributed by atoms with Crippen molar-refractivity contribution in [2.24, 2.45) is 5.92 Å². The standard InChI is InChI=1S/C22H21FN4O2/c23-18-7-4-8-19(11-18)25-22(29)17-9-10-26(15-17)20-12-21(28)27(24-13-20)14-16-5-2-1-3-6-16/h1-8,11-13,17H,9-10,14-15H2,(H,25,29). The number of nitrogens with one attached hydrogen (secondary N) is 1. The maximum atomic E-state index is 13.3. The molecule has 0 bridgehead atoms. The fourth-order valence-corrected chi connectivity index (χ4v) is 3.49. The number of carbonyl (C=O) groups excluding carboxylic acids is 1. The van der Waals surface area contributed by atoms with E-state index in [4.69, 9.17) is 0 Å². The van der Waals surface area contributed by atoms with Crippen molar-refractivity contribution in [3.8, 4) is 0 Å². The largest absolute Gasteiger partial charge is 0.369 e. The first-order chi connectivity index (χ1) is 14.1. The molecule has 0 radical (unpaired) electrons. The third-order valence-corrected chi connectivity index (χ3v) is 5.05. The number of benzene rings is 2. The molecule has 0 saturated carbocycles. The highest BCUT2D eigenvalue weighted by Crippen LogP contribution is 2.23. The van der Waals surface area contributed by atoms with Crippen LogP contribution in [0.3, 0.4) is 0 Å². The Kier molecular flexibility index (Phi) is 5.37. The fourth-order valence-electron chi connectivity index (χ4n) is 3.49. The lowest BCUT2D eigenvalue weighted by Gasteiger charge is -2.18. The minimum absolute atomic E-state index is 0.150. The van der Waals surface area contributed by atoms with Gasteiger partial charge >= 0.3 is 0 Å². The van der Waals surface area contributed by atoms with Gasteiger partial charge in [0.25, 0.3) is 5.56 Å². The van der Waals surface area contributed by atoms with Crippen LogP contribution in [-0.4, -0.2) is 28.8 Å². The Morgan fingerprint density at radius 2 is 1.97 bits per heavy atom. The SMILES string of the molecule is O=C(Nc1cccc(F)c1)C1CCN(c2cnn(Cc3ccccc3)c(=O)c2)C1. The second-order valence-electron chi connectivity index (χ2n) is 7.13. The second kappa shape index (κ2) is 8.26. The van der Waals surface area contributed by atoms with Crippen molar-refractivity contribution in [1.82, 2.24) is 9.78 Å². The predicted octanol–water partition coefficient (Wildman–Crippen LogP) is 2.90. The molecule has 1 N–H and O–H groups in total. The topological polar surface area (TPSA) is 67.2 Å². The van der Waals surface area contributed by atoms with E-state index < -0.39 is 5.82 Å². The molecule has 1 aliphatic heterocycles. The molecule has 7 heteroatoms. The molecule has 1 fully saturated rings. The van der Waals surface area contributed by atoms with Gasteiger partial charge in [-0.2, -0.15) is 5.10 Å². The van der Waals surface area contributed by atoms with Gasteiger partial charge in [-0.05, 0) is 30.2 Å². The van der Waals surface area contributed by atoms with Crippen LogP contribution in [0.4, 0.5) is 15.8 Å². The van der Waals surface area contributed by atoms with Crippen LogP contribution in [-0.2, 0) is 11.3 Å². The summed E-state index contributed by atoms with van der Waals surface area (Å²) in [5, 5.41) is 7.04. The number of rotatable bonds is 5. The molecule has 4 rings (SSSR count). The van der Waals surface area contributed by atoms with Crippen LogP contribution in [0.2, 0.25) is 0 Å². The van der Waals surface area contributed by atoms with Crippen LogP contribution in [0.15, 0.2) is 71.7 Å². The predicted molar refractivity (Wildman–Crippen MR) is 109 cm³/mol. The summed E-state index contributed by atoms with van der Waals surface area (Å²) in [5.74, 6) is -0.772. The zero-order valence-corrected chi connectivity index (χ0v) is 15.8. The minimum Gasteiger partial charge on any atom is -0.369 e. The number of amides is 1. The van der Waals surface area contributed by atoms with Gasteiger partial charge < -0.3 is 10.2 Å². The molecular formula is C22H21FN4O2. The Labute approximate surface area is 167 Å². The summed E-state index contributed by atoms with van der Waals surface area (Å²) in [5.41, 5.74) is 1.98. The van der Waals surface area contributed by atoms with Crippen molar-refractivity contribution < 1.29 is 9.18 Å². The Morgan fingerprint density at radius 1 is 1.14 bits per heavy atom. The summed E-state index contributed by atoms with van der Waals surface area (Å²) in [6, 6.07) is 17.1. The lowest BCUT2D eigenvalue weighted by atomic mass is 10.1. The van der Waals surface area contributed by atoms with Crippen molar-refractivity contribution in [1.29, 1.82) is 0 Å². The zero-order chi connectivity index (χ0) is 20.2. The van der Waals surface area contributed by atoms with Gasteiger partial charge in [0, 0.05) is 24.8 Å². The van der Waals surface area contributed by atoms with Gasteiger partial charge in [0.15, 0.2) is 0 Å². The Bertz CT molecular complexity index is 1070. The molecule has 148 valence electrons. The Hall–Kier alpha value is -3.48. The molecule has 1 aromatic heterocycles. The van der Waals surface area contributed by atoms with Crippen LogP contribution in [0.25, 0.3) is 0 Å². The summed E-state index contributed by atoms with van der Waals surface area (Å²) in [7, 11) is 0. The first-order valence-corrected chi connectivity index (χ1v) is 9.51. The second-order valence-corrected chi connectivity index (χ2v) is 7.13. The monoisotopic (exact) mass is 392 g/mol. The molecule has 1 atom stereocenters. The number of nitrogens with zero attached hydrogens (tertiary/aromatic N) is 3. The molecule has 1 aliphatic rings. The molecular weight excluding hydrogens is 371 g/mol. The number of halogens is 1. The number of hydrogen-bond donors (Lipinski definition) is 1. The number of aromatic nitrogens is 2. The quantitative estimate of drug-likeness (QED) is 0.725. The molecule has 2 aromatic carbocycles. The molecule has 0 spiro atoms. The minimum atomic E-state index is -0.391. The van der Waals surface area contributed by atoms with E-state index in [0.29, 0.717) is 37.4 Å². The highest BCUT2D eigenvalue weighted by Gasteiger charge is 2.29. The Balaban J connectivity index is 1.40. The van der Waals surface area contributed by atoms with E-state index in [9.17, 15) is 14.0 Å². The van der Waals surface area contributed by atoms with E-state index in [2.05, 4.69) is 10.4 Å².